The molecule has 0 aliphatic carbocycles. The smallest absolute Gasteiger partial charge is 0.262 e. The Morgan fingerprint density at radius 2 is 2.05 bits per heavy atom. The Bertz CT molecular complexity index is 552. The molecule has 118 valence electrons. The lowest BCUT2D eigenvalue weighted by Crippen LogP contribution is -2.39. The molecule has 2 heterocycles. The molecule has 1 aromatic rings. The summed E-state index contributed by atoms with van der Waals surface area (Å²) < 4.78 is 27.1. The Morgan fingerprint density at radius 3 is 2.67 bits per heavy atom. The maximum Gasteiger partial charge on any atom is 0.262 e. The van der Waals surface area contributed by atoms with Gasteiger partial charge >= 0.3 is 0 Å². The van der Waals surface area contributed by atoms with Crippen molar-refractivity contribution in [3.05, 3.63) is 18.3 Å². The van der Waals surface area contributed by atoms with E-state index < -0.39 is 10.0 Å². The van der Waals surface area contributed by atoms with E-state index in [1.807, 2.05) is 6.92 Å². The minimum Gasteiger partial charge on any atom is -0.383 e. The van der Waals surface area contributed by atoms with Gasteiger partial charge in [0.15, 0.2) is 5.03 Å². The summed E-state index contributed by atoms with van der Waals surface area (Å²) in [5.74, 6) is 0.665. The molecule has 1 saturated heterocycles. The van der Waals surface area contributed by atoms with Crippen LogP contribution in [-0.2, 0) is 10.0 Å². The zero-order valence-electron chi connectivity index (χ0n) is 12.9. The molecule has 0 aromatic carbocycles. The van der Waals surface area contributed by atoms with Crippen molar-refractivity contribution in [3.63, 3.8) is 0 Å². The number of nitrogens with one attached hydrogen (secondary N) is 1. The van der Waals surface area contributed by atoms with E-state index in [4.69, 9.17) is 0 Å². The first-order valence-corrected chi connectivity index (χ1v) is 9.22. The fourth-order valence-electron chi connectivity index (χ4n) is 2.89. The van der Waals surface area contributed by atoms with Crippen LogP contribution in [0.5, 0.6) is 0 Å². The summed E-state index contributed by atoms with van der Waals surface area (Å²) in [5.41, 5.74) is 0.593. The van der Waals surface area contributed by atoms with Crippen molar-refractivity contribution in [2.24, 2.45) is 5.92 Å². The molecular weight excluding hydrogens is 286 g/mol. The van der Waals surface area contributed by atoms with Crippen molar-refractivity contribution >= 4 is 15.7 Å². The average molecular weight is 311 g/mol. The van der Waals surface area contributed by atoms with Crippen LogP contribution in [0.3, 0.4) is 0 Å². The van der Waals surface area contributed by atoms with Gasteiger partial charge in [0.2, 0.25) is 0 Å². The monoisotopic (exact) mass is 311 g/mol. The maximum absolute atomic E-state index is 12.8. The summed E-state index contributed by atoms with van der Waals surface area (Å²) in [7, 11) is -3.49. The number of piperidine rings is 1. The lowest BCUT2D eigenvalue weighted by atomic mass is 9.94. The first-order valence-electron chi connectivity index (χ1n) is 7.78. The van der Waals surface area contributed by atoms with Gasteiger partial charge in [0.1, 0.15) is 0 Å². The van der Waals surface area contributed by atoms with E-state index in [-0.39, 0.29) is 5.03 Å². The number of anilines is 1. The molecule has 0 atom stereocenters. The van der Waals surface area contributed by atoms with Crippen molar-refractivity contribution in [2.75, 3.05) is 25.0 Å². The second kappa shape index (κ2) is 7.22. The van der Waals surface area contributed by atoms with E-state index >= 15 is 0 Å². The van der Waals surface area contributed by atoms with E-state index in [0.29, 0.717) is 31.2 Å². The second-order valence-corrected chi connectivity index (χ2v) is 7.38. The van der Waals surface area contributed by atoms with Gasteiger partial charge in [0, 0.05) is 25.8 Å². The second-order valence-electron chi connectivity index (χ2n) is 5.52. The maximum atomic E-state index is 12.8. The Hall–Kier alpha value is -1.14. The van der Waals surface area contributed by atoms with E-state index in [2.05, 4.69) is 17.2 Å². The largest absolute Gasteiger partial charge is 0.383 e. The predicted octanol–water partition coefficient (Wildman–Crippen LogP) is 2.71. The third-order valence-corrected chi connectivity index (χ3v) is 5.85. The topological polar surface area (TPSA) is 62.3 Å². The molecule has 1 aromatic heterocycles. The van der Waals surface area contributed by atoms with Gasteiger partial charge in [0.25, 0.3) is 10.0 Å². The van der Waals surface area contributed by atoms with Gasteiger partial charge in [0.05, 0.1) is 5.69 Å². The van der Waals surface area contributed by atoms with Gasteiger partial charge in [-0.25, -0.2) is 13.4 Å². The van der Waals surface area contributed by atoms with Crippen LogP contribution >= 0.6 is 0 Å². The summed E-state index contributed by atoms with van der Waals surface area (Å²) in [4.78, 5) is 4.11. The third-order valence-electron chi connectivity index (χ3n) is 3.99. The highest BCUT2D eigenvalue weighted by Crippen LogP contribution is 2.28. The number of sulfonamides is 1. The van der Waals surface area contributed by atoms with Crippen LogP contribution in [0.1, 0.15) is 39.5 Å². The van der Waals surface area contributed by atoms with Crippen LogP contribution in [0.2, 0.25) is 0 Å². The van der Waals surface area contributed by atoms with Gasteiger partial charge in [-0.3, -0.25) is 0 Å². The van der Waals surface area contributed by atoms with Crippen molar-refractivity contribution in [1.29, 1.82) is 0 Å². The molecule has 1 N–H and O–H groups in total. The Labute approximate surface area is 127 Å². The van der Waals surface area contributed by atoms with Crippen molar-refractivity contribution < 1.29 is 8.42 Å². The predicted molar refractivity (Wildman–Crippen MR) is 84.8 cm³/mol. The minimum absolute atomic E-state index is 0.154. The standard InChI is InChI=1S/C15H25N3O2S/c1-3-6-13-8-11-18(12-9-13)21(19,20)15-14(16-4-2)7-5-10-17-15/h5,7,10,13,16H,3-4,6,8-9,11-12H2,1-2H3. The number of hydrogen-bond acceptors (Lipinski definition) is 4. The highest BCUT2D eigenvalue weighted by Gasteiger charge is 2.31. The number of nitrogens with zero attached hydrogens (tertiary/aromatic N) is 2. The molecule has 0 amide bonds. The van der Waals surface area contributed by atoms with Crippen molar-refractivity contribution in [1.82, 2.24) is 9.29 Å². The SMILES string of the molecule is CCCC1CCN(S(=O)(=O)c2ncccc2NCC)CC1. The molecule has 0 saturated carbocycles. The summed E-state index contributed by atoms with van der Waals surface area (Å²) in [6.07, 6.45) is 5.81. The summed E-state index contributed by atoms with van der Waals surface area (Å²) >= 11 is 0. The number of hydrogen-bond donors (Lipinski definition) is 1. The minimum atomic E-state index is -3.49. The number of aromatic nitrogens is 1. The van der Waals surface area contributed by atoms with Gasteiger partial charge in [-0.1, -0.05) is 19.8 Å². The van der Waals surface area contributed by atoms with E-state index in [1.54, 1.807) is 16.4 Å². The zero-order valence-corrected chi connectivity index (χ0v) is 13.7. The highest BCUT2D eigenvalue weighted by molar-refractivity contribution is 7.89. The van der Waals surface area contributed by atoms with E-state index in [1.165, 1.54) is 19.0 Å². The lowest BCUT2D eigenvalue weighted by Gasteiger charge is -2.31. The van der Waals surface area contributed by atoms with Gasteiger partial charge in [-0.05, 0) is 37.8 Å². The van der Waals surface area contributed by atoms with Crippen LogP contribution in [0, 0.1) is 5.92 Å². The summed E-state index contributed by atoms with van der Waals surface area (Å²) in [5, 5.41) is 3.24. The molecule has 1 aliphatic rings. The van der Waals surface area contributed by atoms with E-state index in [9.17, 15) is 8.42 Å². The molecule has 21 heavy (non-hydrogen) atoms. The van der Waals surface area contributed by atoms with Crippen LogP contribution in [0.4, 0.5) is 5.69 Å². The number of rotatable bonds is 6. The number of pyridine rings is 1. The molecule has 1 fully saturated rings. The molecule has 2 rings (SSSR count). The van der Waals surface area contributed by atoms with Crippen LogP contribution in [0.15, 0.2) is 23.4 Å². The Balaban J connectivity index is 2.16. The molecule has 6 heteroatoms. The lowest BCUT2D eigenvalue weighted by molar-refractivity contribution is 0.262. The first kappa shape index (κ1) is 16.2. The van der Waals surface area contributed by atoms with E-state index in [0.717, 1.165) is 12.8 Å². The molecule has 0 spiro atoms. The molecule has 0 unspecified atom stereocenters. The molecule has 5 nitrogen and oxygen atoms in total. The molecule has 1 aliphatic heterocycles. The zero-order chi connectivity index (χ0) is 15.3. The Morgan fingerprint density at radius 1 is 1.33 bits per heavy atom. The molecule has 0 radical (unpaired) electrons. The summed E-state index contributed by atoms with van der Waals surface area (Å²) in [6, 6.07) is 3.53. The van der Waals surface area contributed by atoms with Gasteiger partial charge in [-0.15, -0.1) is 0 Å². The first-order chi connectivity index (χ1) is 10.1. The normalized spacial score (nSPS) is 17.8. The molecule has 0 bridgehead atoms. The van der Waals surface area contributed by atoms with Crippen molar-refractivity contribution in [3.8, 4) is 0 Å². The fraction of sp³-hybridized carbons (Fsp3) is 0.667. The third kappa shape index (κ3) is 3.74. The summed E-state index contributed by atoms with van der Waals surface area (Å²) in [6.45, 7) is 6.01. The quantitative estimate of drug-likeness (QED) is 0.877. The van der Waals surface area contributed by atoms with Crippen LogP contribution in [0.25, 0.3) is 0 Å². The van der Waals surface area contributed by atoms with Crippen LogP contribution in [-0.4, -0.2) is 37.3 Å². The molecular formula is C15H25N3O2S. The Kier molecular flexibility index (Phi) is 5.58. The average Bonchev–Trinajstić information content (AvgIpc) is 2.49. The highest BCUT2D eigenvalue weighted by atomic mass is 32.2. The van der Waals surface area contributed by atoms with Gasteiger partial charge < -0.3 is 5.32 Å². The van der Waals surface area contributed by atoms with Gasteiger partial charge in [-0.2, -0.15) is 4.31 Å². The fourth-order valence-corrected chi connectivity index (χ4v) is 4.44. The van der Waals surface area contributed by atoms with Crippen LogP contribution < -0.4 is 5.32 Å². The van der Waals surface area contributed by atoms with Crippen molar-refractivity contribution in [2.45, 2.75) is 44.6 Å².